The number of aliphatic carboxylic acids is 1. The van der Waals surface area contributed by atoms with E-state index in [4.69, 9.17) is 19.9 Å². The van der Waals surface area contributed by atoms with Gasteiger partial charge in [-0.15, -0.1) is 0 Å². The molecule has 3 N–H and O–H groups in total. The van der Waals surface area contributed by atoms with Gasteiger partial charge >= 0.3 is 5.97 Å². The number of nitrogens with zero attached hydrogens (tertiary/aromatic N) is 4. The minimum Gasteiger partial charge on any atom is -0.479 e. The number of hydrogen-bond acceptors (Lipinski definition) is 8. The van der Waals surface area contributed by atoms with Gasteiger partial charge in [-0.05, 0) is 13.8 Å². The highest BCUT2D eigenvalue weighted by molar-refractivity contribution is 5.81. The number of ether oxygens (including phenoxy) is 3. The lowest BCUT2D eigenvalue weighted by Gasteiger charge is -2.28. The van der Waals surface area contributed by atoms with Crippen molar-refractivity contribution in [1.29, 1.82) is 0 Å². The van der Waals surface area contributed by atoms with E-state index in [-0.39, 0.29) is 12.4 Å². The van der Waals surface area contributed by atoms with Gasteiger partial charge in [-0.1, -0.05) is 0 Å². The van der Waals surface area contributed by atoms with Crippen LogP contribution in [0.15, 0.2) is 12.7 Å². The van der Waals surface area contributed by atoms with Crippen LogP contribution in [0.4, 0.5) is 5.82 Å². The van der Waals surface area contributed by atoms with Crippen LogP contribution in [0.1, 0.15) is 13.8 Å². The Labute approximate surface area is 130 Å². The predicted molar refractivity (Wildman–Crippen MR) is 75.1 cm³/mol. The van der Waals surface area contributed by atoms with E-state index >= 15 is 0 Å². The van der Waals surface area contributed by atoms with Gasteiger partial charge in [-0.3, -0.25) is 4.57 Å². The van der Waals surface area contributed by atoms with Crippen LogP contribution in [0, 0.1) is 0 Å². The van der Waals surface area contributed by atoms with Gasteiger partial charge in [-0.25, -0.2) is 19.7 Å². The zero-order valence-corrected chi connectivity index (χ0v) is 12.5. The summed E-state index contributed by atoms with van der Waals surface area (Å²) in [4.78, 5) is 23.7. The molecular weight excluding hydrogens is 306 g/mol. The maximum atomic E-state index is 11.5. The van der Waals surface area contributed by atoms with Crippen molar-refractivity contribution in [3.8, 4) is 0 Å². The van der Waals surface area contributed by atoms with Gasteiger partial charge < -0.3 is 25.1 Å². The van der Waals surface area contributed by atoms with Gasteiger partial charge in [0.05, 0.1) is 12.9 Å². The summed E-state index contributed by atoms with van der Waals surface area (Å²) in [5, 5.41) is 9.37. The number of aromatic nitrogens is 4. The van der Waals surface area contributed by atoms with Crippen LogP contribution in [0.5, 0.6) is 0 Å². The zero-order chi connectivity index (χ0) is 16.4. The summed E-state index contributed by atoms with van der Waals surface area (Å²) in [6.07, 6.45) is 0.811. The van der Waals surface area contributed by atoms with E-state index in [1.54, 1.807) is 18.4 Å². The minimum atomic E-state index is -1.18. The van der Waals surface area contributed by atoms with Crippen LogP contribution in [0.25, 0.3) is 11.2 Å². The fourth-order valence-electron chi connectivity index (χ4n) is 3.20. The molecule has 0 amide bonds. The number of rotatable bonds is 2. The maximum absolute atomic E-state index is 11.5. The molecule has 3 atom stereocenters. The molecule has 2 saturated heterocycles. The van der Waals surface area contributed by atoms with Crippen molar-refractivity contribution in [3.05, 3.63) is 12.7 Å². The number of carboxylic acids is 1. The summed E-state index contributed by atoms with van der Waals surface area (Å²) in [6.45, 7) is 3.43. The highest BCUT2D eigenvalue weighted by atomic mass is 16.8. The van der Waals surface area contributed by atoms with E-state index in [1.807, 2.05) is 0 Å². The normalized spacial score (nSPS) is 32.3. The van der Waals surface area contributed by atoms with E-state index in [0.717, 1.165) is 0 Å². The molecule has 2 aliphatic heterocycles. The average Bonchev–Trinajstić information content (AvgIpc) is 3.08. The number of nitrogens with two attached hydrogens (primary N) is 1. The summed E-state index contributed by atoms with van der Waals surface area (Å²) in [5.41, 5.74) is 5.47. The first-order chi connectivity index (χ1) is 10.8. The number of anilines is 1. The van der Waals surface area contributed by atoms with E-state index in [1.165, 1.54) is 12.7 Å². The van der Waals surface area contributed by atoms with Gasteiger partial charge in [0.1, 0.15) is 17.9 Å². The Bertz CT molecular complexity index is 805. The molecule has 0 saturated carbocycles. The molecule has 10 nitrogen and oxygen atoms in total. The molecule has 4 heterocycles. The number of imidazole rings is 1. The summed E-state index contributed by atoms with van der Waals surface area (Å²) in [6, 6.07) is 0. The lowest BCUT2D eigenvalue weighted by atomic mass is 10.1. The third kappa shape index (κ3) is 1.85. The van der Waals surface area contributed by atoms with E-state index in [9.17, 15) is 9.90 Å². The van der Waals surface area contributed by atoms with E-state index in [2.05, 4.69) is 15.0 Å². The van der Waals surface area contributed by atoms with E-state index < -0.39 is 29.7 Å². The van der Waals surface area contributed by atoms with Crippen LogP contribution in [-0.4, -0.2) is 55.2 Å². The number of fused-ring (bicyclic) bond motifs is 2. The van der Waals surface area contributed by atoms with Crippen molar-refractivity contribution < 1.29 is 24.1 Å². The Morgan fingerprint density at radius 2 is 2.22 bits per heavy atom. The minimum absolute atomic E-state index is 0.00652. The van der Waals surface area contributed by atoms with Gasteiger partial charge in [0.15, 0.2) is 23.4 Å². The lowest BCUT2D eigenvalue weighted by molar-refractivity contribution is -0.206. The third-order valence-electron chi connectivity index (χ3n) is 4.04. The molecule has 2 aliphatic rings. The predicted octanol–water partition coefficient (Wildman–Crippen LogP) is -0.304. The molecule has 122 valence electrons. The highest BCUT2D eigenvalue weighted by Gasteiger charge is 2.64. The Balaban J connectivity index is 1.90. The summed E-state index contributed by atoms with van der Waals surface area (Å²) in [5.74, 6) is -1.86. The second-order valence-corrected chi connectivity index (χ2v) is 6.00. The first-order valence-electron chi connectivity index (χ1n) is 7.00. The zero-order valence-electron chi connectivity index (χ0n) is 12.5. The molecular formula is C13H15N5O5. The van der Waals surface area contributed by atoms with Gasteiger partial charge in [0, 0.05) is 0 Å². The summed E-state index contributed by atoms with van der Waals surface area (Å²) < 4.78 is 18.9. The first kappa shape index (κ1) is 14.3. The Morgan fingerprint density at radius 3 is 2.96 bits per heavy atom. The smallest absolute Gasteiger partial charge is 0.335 e. The lowest BCUT2D eigenvalue weighted by Crippen LogP contribution is -2.45. The van der Waals surface area contributed by atoms with E-state index in [0.29, 0.717) is 11.2 Å². The molecule has 23 heavy (non-hydrogen) atoms. The summed E-state index contributed by atoms with van der Waals surface area (Å²) in [7, 11) is 0. The molecule has 0 aliphatic carbocycles. The molecule has 2 aromatic rings. The SMILES string of the molecule is CC1(C)OC2[C@@H](C(=O)O)OCC2(n2cnc3c(N)ncnc32)O1. The molecule has 2 unspecified atom stereocenters. The number of hydrogen-bond donors (Lipinski definition) is 2. The average molecular weight is 321 g/mol. The molecule has 10 heteroatoms. The van der Waals surface area contributed by atoms with Crippen LogP contribution >= 0.6 is 0 Å². The molecule has 0 bridgehead atoms. The topological polar surface area (TPSA) is 135 Å². The number of nitrogen functional groups attached to an aromatic ring is 1. The maximum Gasteiger partial charge on any atom is 0.335 e. The van der Waals surface area contributed by atoms with Crippen molar-refractivity contribution in [2.24, 2.45) is 0 Å². The Morgan fingerprint density at radius 1 is 1.43 bits per heavy atom. The Hall–Kier alpha value is -2.30. The van der Waals surface area contributed by atoms with Crippen LogP contribution < -0.4 is 5.73 Å². The fraction of sp³-hybridized carbons (Fsp3) is 0.538. The van der Waals surface area contributed by atoms with Crippen molar-refractivity contribution in [1.82, 2.24) is 19.5 Å². The second kappa shape index (κ2) is 4.37. The third-order valence-corrected chi connectivity index (χ3v) is 4.04. The monoisotopic (exact) mass is 321 g/mol. The molecule has 2 aromatic heterocycles. The number of carbonyl (C=O) groups is 1. The standard InChI is InChI=1S/C13H15N5O5/c1-12(2)22-8-7(11(19)20)21-3-13(8,23-12)18-5-17-6-9(14)15-4-16-10(6)18/h4-5,7-8H,3H2,1-2H3,(H,19,20)(H2,14,15,16)/t7-,8?,13?/m0/s1. The van der Waals surface area contributed by atoms with Crippen molar-refractivity contribution in [2.75, 3.05) is 12.3 Å². The van der Waals surface area contributed by atoms with Crippen LogP contribution in [0.2, 0.25) is 0 Å². The van der Waals surface area contributed by atoms with Crippen molar-refractivity contribution in [2.45, 2.75) is 37.6 Å². The van der Waals surface area contributed by atoms with Gasteiger partial charge in [-0.2, -0.15) is 0 Å². The molecule has 0 radical (unpaired) electrons. The highest BCUT2D eigenvalue weighted by Crippen LogP contribution is 2.47. The largest absolute Gasteiger partial charge is 0.479 e. The van der Waals surface area contributed by atoms with Gasteiger partial charge in [0.25, 0.3) is 0 Å². The quantitative estimate of drug-likeness (QED) is 0.764. The molecule has 4 rings (SSSR count). The fourth-order valence-corrected chi connectivity index (χ4v) is 3.20. The molecule has 2 fully saturated rings. The summed E-state index contributed by atoms with van der Waals surface area (Å²) >= 11 is 0. The van der Waals surface area contributed by atoms with Gasteiger partial charge in [0.2, 0.25) is 5.72 Å². The van der Waals surface area contributed by atoms with Crippen LogP contribution in [0.3, 0.4) is 0 Å². The first-order valence-corrected chi connectivity index (χ1v) is 7.00. The molecule has 0 spiro atoms. The second-order valence-electron chi connectivity index (χ2n) is 6.00. The Kier molecular flexibility index (Phi) is 2.72. The molecule has 0 aromatic carbocycles. The van der Waals surface area contributed by atoms with Crippen molar-refractivity contribution >= 4 is 23.0 Å². The number of carboxylic acid groups (broad SMARTS) is 1. The van der Waals surface area contributed by atoms with Crippen LogP contribution in [-0.2, 0) is 24.7 Å². The van der Waals surface area contributed by atoms with Crippen molar-refractivity contribution in [3.63, 3.8) is 0 Å².